The second kappa shape index (κ2) is 20.2. The van der Waals surface area contributed by atoms with Crippen molar-refractivity contribution in [3.05, 3.63) is 0 Å². The molecule has 0 spiro atoms. The zero-order valence-electron chi connectivity index (χ0n) is 18.8. The molecule has 0 rings (SSSR count). The van der Waals surface area contributed by atoms with Crippen molar-refractivity contribution in [3.8, 4) is 0 Å². The van der Waals surface area contributed by atoms with Gasteiger partial charge in [-0.25, -0.2) is 0 Å². The van der Waals surface area contributed by atoms with Crippen molar-refractivity contribution >= 4 is 8.32 Å². The summed E-state index contributed by atoms with van der Waals surface area (Å²) in [6, 6.07) is 0. The molecule has 0 aromatic carbocycles. The standard InChI is InChI=1S/C20H44O7Si/c1-6-20(2)19-26-16-15-24-12-11-22-8-7-21-9-10-23-13-14-25-17-18-27-28(3,4)5/h20H,6-19H2,1-5H3. The third kappa shape index (κ3) is 24.0. The third-order valence-corrected chi connectivity index (χ3v) is 4.79. The Morgan fingerprint density at radius 3 is 1.18 bits per heavy atom. The Balaban J connectivity index is 3.05. The minimum atomic E-state index is -1.42. The van der Waals surface area contributed by atoms with E-state index < -0.39 is 8.32 Å². The van der Waals surface area contributed by atoms with Gasteiger partial charge in [0.1, 0.15) is 0 Å². The lowest BCUT2D eigenvalue weighted by Gasteiger charge is -2.16. The summed E-state index contributed by atoms with van der Waals surface area (Å²) in [4.78, 5) is 0. The SMILES string of the molecule is CCC(C)COCCOCCOCCOCCOCCOCCO[Si](C)(C)C. The summed E-state index contributed by atoms with van der Waals surface area (Å²) in [7, 11) is -1.42. The van der Waals surface area contributed by atoms with Crippen molar-refractivity contribution in [2.24, 2.45) is 5.92 Å². The Morgan fingerprint density at radius 2 is 0.857 bits per heavy atom. The average molecular weight is 425 g/mol. The molecule has 0 heterocycles. The number of rotatable bonds is 22. The van der Waals surface area contributed by atoms with Gasteiger partial charge in [0.05, 0.1) is 79.3 Å². The van der Waals surface area contributed by atoms with E-state index in [1.807, 2.05) is 0 Å². The van der Waals surface area contributed by atoms with Crippen LogP contribution in [0.15, 0.2) is 0 Å². The molecule has 170 valence electrons. The Kier molecular flexibility index (Phi) is 20.2. The molecule has 0 N–H and O–H groups in total. The first-order valence-electron chi connectivity index (χ1n) is 10.6. The second-order valence-corrected chi connectivity index (χ2v) is 12.1. The van der Waals surface area contributed by atoms with Crippen LogP contribution in [0, 0.1) is 5.92 Å². The van der Waals surface area contributed by atoms with Gasteiger partial charge in [-0.15, -0.1) is 0 Å². The van der Waals surface area contributed by atoms with Crippen molar-refractivity contribution < 1.29 is 32.8 Å². The molecule has 0 bridgehead atoms. The molecule has 0 fully saturated rings. The highest BCUT2D eigenvalue weighted by Crippen LogP contribution is 2.01. The molecule has 0 aromatic heterocycles. The fourth-order valence-electron chi connectivity index (χ4n) is 1.91. The van der Waals surface area contributed by atoms with Gasteiger partial charge in [-0.3, -0.25) is 0 Å². The molecular weight excluding hydrogens is 380 g/mol. The van der Waals surface area contributed by atoms with Crippen LogP contribution in [0.5, 0.6) is 0 Å². The van der Waals surface area contributed by atoms with Gasteiger partial charge in [0.2, 0.25) is 0 Å². The van der Waals surface area contributed by atoms with E-state index in [9.17, 15) is 0 Å². The van der Waals surface area contributed by atoms with E-state index in [4.69, 9.17) is 32.8 Å². The molecular formula is C20H44O7Si. The fourth-order valence-corrected chi connectivity index (χ4v) is 2.60. The van der Waals surface area contributed by atoms with Crippen LogP contribution in [0.2, 0.25) is 19.6 Å². The molecule has 7 nitrogen and oxygen atoms in total. The molecule has 0 aliphatic rings. The summed E-state index contributed by atoms with van der Waals surface area (Å²) in [5.74, 6) is 0.613. The molecule has 0 aliphatic carbocycles. The largest absolute Gasteiger partial charge is 0.415 e. The maximum Gasteiger partial charge on any atom is 0.183 e. The lowest BCUT2D eigenvalue weighted by Crippen LogP contribution is -2.27. The van der Waals surface area contributed by atoms with E-state index in [0.717, 1.165) is 13.0 Å². The highest BCUT2D eigenvalue weighted by Gasteiger charge is 2.12. The molecule has 0 saturated carbocycles. The number of hydrogen-bond donors (Lipinski definition) is 0. The highest BCUT2D eigenvalue weighted by molar-refractivity contribution is 6.69. The van der Waals surface area contributed by atoms with Gasteiger partial charge in [0.25, 0.3) is 0 Å². The van der Waals surface area contributed by atoms with Crippen LogP contribution in [0.4, 0.5) is 0 Å². The third-order valence-electron chi connectivity index (χ3n) is 3.72. The van der Waals surface area contributed by atoms with Crippen molar-refractivity contribution in [2.75, 3.05) is 85.9 Å². The molecule has 0 saturated heterocycles. The molecule has 8 heteroatoms. The van der Waals surface area contributed by atoms with Crippen LogP contribution in [0.1, 0.15) is 20.3 Å². The predicted octanol–water partition coefficient (Wildman–Crippen LogP) is 2.98. The Labute approximate surface area is 173 Å². The van der Waals surface area contributed by atoms with E-state index in [1.165, 1.54) is 0 Å². The lowest BCUT2D eigenvalue weighted by atomic mass is 10.1. The second-order valence-electron chi connectivity index (χ2n) is 7.61. The molecule has 0 aliphatic heterocycles. The molecule has 1 unspecified atom stereocenters. The fraction of sp³-hybridized carbons (Fsp3) is 1.00. The maximum atomic E-state index is 5.70. The van der Waals surface area contributed by atoms with E-state index in [1.54, 1.807) is 0 Å². The van der Waals surface area contributed by atoms with Crippen LogP contribution < -0.4 is 0 Å². The first-order chi connectivity index (χ1) is 13.5. The van der Waals surface area contributed by atoms with Crippen molar-refractivity contribution in [1.82, 2.24) is 0 Å². The van der Waals surface area contributed by atoms with E-state index in [0.29, 0.717) is 85.2 Å². The molecule has 0 aromatic rings. The zero-order chi connectivity index (χ0) is 20.9. The minimum absolute atomic E-state index is 0.561. The normalized spacial score (nSPS) is 13.2. The van der Waals surface area contributed by atoms with Gasteiger partial charge in [-0.1, -0.05) is 20.3 Å². The Bertz CT molecular complexity index is 313. The van der Waals surface area contributed by atoms with Crippen molar-refractivity contribution in [3.63, 3.8) is 0 Å². The molecule has 1 atom stereocenters. The quantitative estimate of drug-likeness (QED) is 0.195. The topological polar surface area (TPSA) is 64.6 Å². The molecule has 0 amide bonds. The van der Waals surface area contributed by atoms with Gasteiger partial charge in [0, 0.05) is 6.61 Å². The van der Waals surface area contributed by atoms with Gasteiger partial charge in [-0.05, 0) is 25.6 Å². The predicted molar refractivity (Wildman–Crippen MR) is 114 cm³/mol. The monoisotopic (exact) mass is 424 g/mol. The number of hydrogen-bond acceptors (Lipinski definition) is 7. The summed E-state index contributed by atoms with van der Waals surface area (Å²) in [5.41, 5.74) is 0. The molecule has 0 radical (unpaired) electrons. The number of ether oxygens (including phenoxy) is 6. The summed E-state index contributed by atoms with van der Waals surface area (Å²) in [6.45, 7) is 18.8. The van der Waals surface area contributed by atoms with E-state index >= 15 is 0 Å². The van der Waals surface area contributed by atoms with Gasteiger partial charge < -0.3 is 32.8 Å². The summed E-state index contributed by atoms with van der Waals surface area (Å²) in [5, 5.41) is 0. The van der Waals surface area contributed by atoms with Gasteiger partial charge in [0.15, 0.2) is 8.32 Å². The van der Waals surface area contributed by atoms with Crippen LogP contribution in [0.25, 0.3) is 0 Å². The lowest BCUT2D eigenvalue weighted by molar-refractivity contribution is -0.0191. The van der Waals surface area contributed by atoms with Crippen LogP contribution in [-0.2, 0) is 32.8 Å². The smallest absolute Gasteiger partial charge is 0.183 e. The van der Waals surface area contributed by atoms with Gasteiger partial charge >= 0.3 is 0 Å². The maximum absolute atomic E-state index is 5.70. The van der Waals surface area contributed by atoms with E-state index in [-0.39, 0.29) is 0 Å². The summed E-state index contributed by atoms with van der Waals surface area (Å²) < 4.78 is 38.4. The van der Waals surface area contributed by atoms with E-state index in [2.05, 4.69) is 33.5 Å². The summed E-state index contributed by atoms with van der Waals surface area (Å²) >= 11 is 0. The Hall–Kier alpha value is -0.0631. The Morgan fingerprint density at radius 1 is 0.536 bits per heavy atom. The summed E-state index contributed by atoms with van der Waals surface area (Å²) in [6.07, 6.45) is 1.14. The highest BCUT2D eigenvalue weighted by atomic mass is 28.4. The van der Waals surface area contributed by atoms with Gasteiger partial charge in [-0.2, -0.15) is 0 Å². The van der Waals surface area contributed by atoms with Crippen molar-refractivity contribution in [1.29, 1.82) is 0 Å². The molecule has 28 heavy (non-hydrogen) atoms. The van der Waals surface area contributed by atoms with Crippen molar-refractivity contribution in [2.45, 2.75) is 39.9 Å². The first kappa shape index (κ1) is 27.9. The van der Waals surface area contributed by atoms with Crippen LogP contribution >= 0.6 is 0 Å². The zero-order valence-corrected chi connectivity index (χ0v) is 19.8. The van der Waals surface area contributed by atoms with Crippen LogP contribution in [-0.4, -0.2) is 94.2 Å². The first-order valence-corrected chi connectivity index (χ1v) is 14.0. The van der Waals surface area contributed by atoms with Crippen LogP contribution in [0.3, 0.4) is 0 Å². The minimum Gasteiger partial charge on any atom is -0.415 e. The average Bonchev–Trinajstić information content (AvgIpc) is 2.65.